The standard InChI is InChI=1S/C23H22B5N3O2/c1-13-10-20(7-6-18(13)32-23(26,27)28)11-15-5-4-14(16-3-2-8-30-12-16)9-17(15)21(20)22(24,25)33-19(29)31-21/h2-5,8-9,12-13,18H,6-7,10-11H2,1H3,(H2,29,31)/t13-,18-,20-,21+/m1/s1. The van der Waals surface area contributed by atoms with Gasteiger partial charge in [-0.3, -0.25) is 4.98 Å². The highest BCUT2D eigenvalue weighted by atomic mass is 16.5. The van der Waals surface area contributed by atoms with E-state index in [9.17, 15) is 0 Å². The van der Waals surface area contributed by atoms with Gasteiger partial charge in [-0.25, -0.2) is 4.99 Å². The summed E-state index contributed by atoms with van der Waals surface area (Å²) in [6, 6.07) is 10.2. The number of nitrogens with zero attached hydrogens (tertiary/aromatic N) is 2. The molecule has 156 valence electrons. The number of hydrogen-bond donors (Lipinski definition) is 1. The molecule has 2 aliphatic carbocycles. The first-order valence-corrected chi connectivity index (χ1v) is 11.2. The highest BCUT2D eigenvalue weighted by molar-refractivity contribution is 6.58. The number of rotatable bonds is 3. The van der Waals surface area contributed by atoms with E-state index in [2.05, 4.69) is 30.1 Å². The Morgan fingerprint density at radius 2 is 1.97 bits per heavy atom. The van der Waals surface area contributed by atoms with Crippen molar-refractivity contribution < 1.29 is 9.47 Å². The van der Waals surface area contributed by atoms with Crippen LogP contribution in [0, 0.1) is 11.3 Å². The van der Waals surface area contributed by atoms with E-state index in [0.29, 0.717) is 19.3 Å². The highest BCUT2D eigenvalue weighted by Crippen LogP contribution is 2.65. The molecule has 2 spiro atoms. The molecule has 0 saturated heterocycles. The van der Waals surface area contributed by atoms with Crippen molar-refractivity contribution in [1.29, 1.82) is 0 Å². The van der Waals surface area contributed by atoms with Crippen LogP contribution in [-0.4, -0.2) is 67.0 Å². The highest BCUT2D eigenvalue weighted by Gasteiger charge is 2.68. The van der Waals surface area contributed by atoms with Crippen LogP contribution in [0.1, 0.15) is 37.3 Å². The molecule has 1 aromatic heterocycles. The zero-order valence-corrected chi connectivity index (χ0v) is 18.7. The number of amidine groups is 1. The zero-order chi connectivity index (χ0) is 23.6. The average molecular weight is 427 g/mol. The summed E-state index contributed by atoms with van der Waals surface area (Å²) in [4.78, 5) is 9.10. The Labute approximate surface area is 201 Å². The molecule has 10 heteroatoms. The maximum Gasteiger partial charge on any atom is 0.281 e. The lowest BCUT2D eigenvalue weighted by molar-refractivity contribution is -0.0743. The van der Waals surface area contributed by atoms with Gasteiger partial charge in [0.25, 0.3) is 6.02 Å². The molecule has 4 atom stereocenters. The van der Waals surface area contributed by atoms with Gasteiger partial charge < -0.3 is 15.2 Å². The van der Waals surface area contributed by atoms with Gasteiger partial charge in [0.15, 0.2) is 0 Å². The second kappa shape index (κ2) is 7.46. The lowest BCUT2D eigenvalue weighted by atomic mass is 9.44. The third-order valence-corrected chi connectivity index (χ3v) is 7.52. The molecule has 10 radical (unpaired) electrons. The Morgan fingerprint density at radius 3 is 2.58 bits per heavy atom. The van der Waals surface area contributed by atoms with Crippen LogP contribution in [0.15, 0.2) is 47.7 Å². The number of ether oxygens (including phenoxy) is 2. The van der Waals surface area contributed by atoms with Gasteiger partial charge in [-0.2, -0.15) is 0 Å². The molecular formula is C23H22B5N3O2. The molecule has 3 aliphatic rings. The first-order valence-electron chi connectivity index (χ1n) is 11.2. The smallest absolute Gasteiger partial charge is 0.281 e. The van der Waals surface area contributed by atoms with Crippen LogP contribution in [0.3, 0.4) is 0 Å². The van der Waals surface area contributed by atoms with Crippen LogP contribution < -0.4 is 5.73 Å². The quantitative estimate of drug-likeness (QED) is 0.748. The molecular weight excluding hydrogens is 404 g/mol. The zero-order valence-electron chi connectivity index (χ0n) is 18.7. The van der Waals surface area contributed by atoms with Crippen molar-refractivity contribution in [2.24, 2.45) is 22.1 Å². The number of nitrogens with two attached hydrogens (primary N) is 1. The summed E-state index contributed by atoms with van der Waals surface area (Å²) in [5, 5.41) is -3.30. The molecule has 5 rings (SSSR count). The summed E-state index contributed by atoms with van der Waals surface area (Å²) in [7, 11) is 30.5. The number of aromatic nitrogens is 1. The van der Waals surface area contributed by atoms with Crippen molar-refractivity contribution in [2.75, 3.05) is 0 Å². The summed E-state index contributed by atoms with van der Waals surface area (Å²) >= 11 is 0. The first kappa shape index (κ1) is 22.7. The van der Waals surface area contributed by atoms with Gasteiger partial charge in [0.05, 0.1) is 35.0 Å². The molecule has 1 saturated carbocycles. The summed E-state index contributed by atoms with van der Waals surface area (Å²) < 4.78 is 11.5. The first-order chi connectivity index (χ1) is 15.5. The molecule has 1 aromatic carbocycles. The Bertz CT molecular complexity index is 1110. The molecule has 1 aliphatic heterocycles. The number of fused-ring (bicyclic) bond motifs is 3. The predicted molar refractivity (Wildman–Crippen MR) is 132 cm³/mol. The van der Waals surface area contributed by atoms with Gasteiger partial charge in [-0.15, -0.1) is 0 Å². The predicted octanol–water partition coefficient (Wildman–Crippen LogP) is 1.14. The maximum atomic E-state index is 6.66. The Kier molecular flexibility index (Phi) is 5.13. The number of pyridine rings is 1. The topological polar surface area (TPSA) is 69.7 Å². The van der Waals surface area contributed by atoms with Crippen molar-refractivity contribution in [3.8, 4) is 11.1 Å². The van der Waals surface area contributed by atoms with E-state index < -0.39 is 21.7 Å². The van der Waals surface area contributed by atoms with E-state index in [1.54, 1.807) is 6.20 Å². The fourth-order valence-corrected chi connectivity index (χ4v) is 6.36. The molecule has 33 heavy (non-hydrogen) atoms. The molecule has 0 unspecified atom stereocenters. The molecule has 5 nitrogen and oxygen atoms in total. The normalized spacial score (nSPS) is 32.5. The molecule has 0 amide bonds. The van der Waals surface area contributed by atoms with Crippen molar-refractivity contribution in [3.63, 3.8) is 0 Å². The summed E-state index contributed by atoms with van der Waals surface area (Å²) in [5.41, 5.74) is 8.66. The van der Waals surface area contributed by atoms with Gasteiger partial charge >= 0.3 is 0 Å². The second-order valence-corrected chi connectivity index (χ2v) is 9.86. The Hall–Kier alpha value is -2.08. The number of hydrogen-bond acceptors (Lipinski definition) is 5. The van der Waals surface area contributed by atoms with E-state index in [4.69, 9.17) is 59.4 Å². The Morgan fingerprint density at radius 1 is 1.18 bits per heavy atom. The van der Waals surface area contributed by atoms with Crippen molar-refractivity contribution in [1.82, 2.24) is 4.98 Å². The lowest BCUT2D eigenvalue weighted by Crippen LogP contribution is -2.60. The maximum absolute atomic E-state index is 6.66. The van der Waals surface area contributed by atoms with Crippen molar-refractivity contribution in [2.45, 2.75) is 54.9 Å². The Balaban J connectivity index is 1.62. The van der Waals surface area contributed by atoms with Crippen molar-refractivity contribution >= 4 is 45.3 Å². The van der Waals surface area contributed by atoms with E-state index in [-0.39, 0.29) is 18.0 Å². The van der Waals surface area contributed by atoms with Crippen LogP contribution in [-0.2, 0) is 21.4 Å². The summed E-state index contributed by atoms with van der Waals surface area (Å²) in [6.07, 6.45) is 6.20. The van der Waals surface area contributed by atoms with Crippen LogP contribution >= 0.6 is 0 Å². The van der Waals surface area contributed by atoms with Crippen LogP contribution in [0.25, 0.3) is 11.1 Å². The molecule has 2 aromatic rings. The number of aliphatic imine (C=N–C) groups is 1. The molecule has 1 fully saturated rings. The monoisotopic (exact) mass is 427 g/mol. The average Bonchev–Trinajstić information content (AvgIpc) is 3.14. The van der Waals surface area contributed by atoms with Gasteiger partial charge in [0.2, 0.25) is 0 Å². The lowest BCUT2D eigenvalue weighted by Gasteiger charge is -2.54. The minimum atomic E-state index is -1.69. The van der Waals surface area contributed by atoms with Gasteiger partial charge in [-0.05, 0) is 71.3 Å². The van der Waals surface area contributed by atoms with Crippen molar-refractivity contribution in [3.05, 3.63) is 53.9 Å². The minimum absolute atomic E-state index is 0.00470. The third kappa shape index (κ3) is 3.48. The fourth-order valence-electron chi connectivity index (χ4n) is 6.36. The fraction of sp³-hybridized carbons (Fsp3) is 0.478. The SMILES string of the molecule is [B]C([B])([B])O[C@@H]1CC[C@]2(Cc3ccc(-c4cccnc4)cc3[C@]23N=C(N)OC3([B])[B])C[C@H]1C. The van der Waals surface area contributed by atoms with Crippen LogP contribution in [0.4, 0.5) is 0 Å². The van der Waals surface area contributed by atoms with Crippen LogP contribution in [0.2, 0.25) is 0 Å². The van der Waals surface area contributed by atoms with Crippen LogP contribution in [0.5, 0.6) is 0 Å². The largest absolute Gasteiger partial charge is 0.476 e. The van der Waals surface area contributed by atoms with E-state index in [0.717, 1.165) is 28.7 Å². The molecule has 0 bridgehead atoms. The summed E-state index contributed by atoms with van der Waals surface area (Å²) in [6.45, 7) is 2.09. The molecule has 2 heterocycles. The number of benzene rings is 1. The van der Waals surface area contributed by atoms with Gasteiger partial charge in [-0.1, -0.05) is 25.1 Å². The van der Waals surface area contributed by atoms with E-state index in [1.165, 1.54) is 0 Å². The minimum Gasteiger partial charge on any atom is -0.476 e. The van der Waals surface area contributed by atoms with Gasteiger partial charge in [0, 0.05) is 17.8 Å². The summed E-state index contributed by atoms with van der Waals surface area (Å²) in [5.74, 6) is 0.0746. The second-order valence-electron chi connectivity index (χ2n) is 9.86. The van der Waals surface area contributed by atoms with E-state index in [1.807, 2.05) is 18.3 Å². The third-order valence-electron chi connectivity index (χ3n) is 7.52. The van der Waals surface area contributed by atoms with Gasteiger partial charge in [0.1, 0.15) is 21.2 Å². The molecule has 2 N–H and O–H groups in total. The van der Waals surface area contributed by atoms with E-state index >= 15 is 0 Å².